The van der Waals surface area contributed by atoms with Gasteiger partial charge in [-0.3, -0.25) is 8.98 Å². The van der Waals surface area contributed by atoms with Crippen molar-refractivity contribution in [2.75, 3.05) is 11.9 Å². The molecule has 0 aliphatic heterocycles. The van der Waals surface area contributed by atoms with E-state index in [0.717, 1.165) is 18.4 Å². The van der Waals surface area contributed by atoms with Crippen molar-refractivity contribution in [3.63, 3.8) is 0 Å². The molecule has 0 radical (unpaired) electrons. The van der Waals surface area contributed by atoms with Crippen LogP contribution in [0.15, 0.2) is 59.4 Å². The summed E-state index contributed by atoms with van der Waals surface area (Å²) in [6.07, 6.45) is 5.68. The average molecular weight is 457 g/mol. The lowest BCUT2D eigenvalue weighted by Gasteiger charge is -2.15. The first-order chi connectivity index (χ1) is 15.4. The zero-order valence-corrected chi connectivity index (χ0v) is 18.1. The number of ketones is 1. The third-order valence-electron chi connectivity index (χ3n) is 5.41. The van der Waals surface area contributed by atoms with Crippen LogP contribution in [0.3, 0.4) is 0 Å². The number of benzene rings is 1. The lowest BCUT2D eigenvalue weighted by atomic mass is 10.1. The first kappa shape index (κ1) is 22.1. The number of nitrogens with one attached hydrogen (secondary N) is 1. The minimum absolute atomic E-state index is 0.0239. The van der Waals surface area contributed by atoms with Crippen LogP contribution in [0.2, 0.25) is 0 Å². The summed E-state index contributed by atoms with van der Waals surface area (Å²) in [4.78, 5) is 21.3. The smallest absolute Gasteiger partial charge is 0.333 e. The molecule has 0 unspecified atom stereocenters. The standard InChI is InChI=1S/C22H24N4O5S/c23-32(28,29)30-13-16-6-7-17(10-16)26-22-19(12-24-14-25-22)21(27)20-9-8-18(31-20)11-15-4-2-1-3-5-15/h1-5,8-9,12,14,16-17H,6-7,10-11,13H2,(H2,23,28,29)(H,24,25,26)/t16-,17+/m1/s1. The molecular formula is C22H24N4O5S. The van der Waals surface area contributed by atoms with E-state index in [4.69, 9.17) is 13.7 Å². The second kappa shape index (κ2) is 9.60. The SMILES string of the molecule is NS(=O)(=O)OC[C@@H]1CC[C@H](Nc2ncncc2C(=O)c2ccc(Cc3ccccc3)o2)C1. The molecule has 1 fully saturated rings. The van der Waals surface area contributed by atoms with Crippen LogP contribution in [0.25, 0.3) is 0 Å². The van der Waals surface area contributed by atoms with Crippen molar-refractivity contribution in [1.82, 2.24) is 9.97 Å². The van der Waals surface area contributed by atoms with Gasteiger partial charge < -0.3 is 9.73 Å². The largest absolute Gasteiger partial charge is 0.457 e. The molecule has 1 aliphatic carbocycles. The van der Waals surface area contributed by atoms with E-state index in [2.05, 4.69) is 15.3 Å². The van der Waals surface area contributed by atoms with Gasteiger partial charge in [0.25, 0.3) is 0 Å². The van der Waals surface area contributed by atoms with Gasteiger partial charge in [-0.05, 0) is 42.9 Å². The van der Waals surface area contributed by atoms with Gasteiger partial charge in [0.1, 0.15) is 17.9 Å². The third-order valence-corrected chi connectivity index (χ3v) is 5.88. The minimum Gasteiger partial charge on any atom is -0.457 e. The molecule has 2 atom stereocenters. The van der Waals surface area contributed by atoms with Crippen molar-refractivity contribution in [3.8, 4) is 0 Å². The van der Waals surface area contributed by atoms with E-state index in [1.54, 1.807) is 12.1 Å². The van der Waals surface area contributed by atoms with Crippen LogP contribution in [-0.2, 0) is 20.9 Å². The molecule has 1 aromatic carbocycles. The maximum atomic E-state index is 13.1. The number of nitrogens with two attached hydrogens (primary N) is 1. The molecule has 3 N–H and O–H groups in total. The zero-order chi connectivity index (χ0) is 22.6. The Labute approximate surface area is 186 Å². The summed E-state index contributed by atoms with van der Waals surface area (Å²) in [6.45, 7) is 0.0448. The fourth-order valence-electron chi connectivity index (χ4n) is 3.88. The van der Waals surface area contributed by atoms with Gasteiger partial charge in [-0.15, -0.1) is 0 Å². The molecule has 168 valence electrons. The first-order valence-corrected chi connectivity index (χ1v) is 11.8. The van der Waals surface area contributed by atoms with Gasteiger partial charge in [-0.2, -0.15) is 8.42 Å². The number of aromatic nitrogens is 2. The topological polar surface area (TPSA) is 137 Å². The van der Waals surface area contributed by atoms with E-state index in [-0.39, 0.29) is 30.1 Å². The van der Waals surface area contributed by atoms with E-state index in [1.165, 1.54) is 12.5 Å². The van der Waals surface area contributed by atoms with Gasteiger partial charge in [-0.25, -0.2) is 15.1 Å². The molecular weight excluding hydrogens is 432 g/mol. The monoisotopic (exact) mass is 456 g/mol. The Morgan fingerprint density at radius 3 is 2.78 bits per heavy atom. The van der Waals surface area contributed by atoms with E-state index >= 15 is 0 Å². The minimum atomic E-state index is -3.95. The van der Waals surface area contributed by atoms with Crippen molar-refractivity contribution >= 4 is 21.9 Å². The fourth-order valence-corrected chi connectivity index (χ4v) is 4.26. The lowest BCUT2D eigenvalue weighted by molar-refractivity contribution is 0.101. The molecule has 0 amide bonds. The number of anilines is 1. The Bertz CT molecular complexity index is 1180. The fraction of sp³-hybridized carbons (Fsp3) is 0.318. The summed E-state index contributed by atoms with van der Waals surface area (Å²) in [5.74, 6) is 1.08. The highest BCUT2D eigenvalue weighted by atomic mass is 32.2. The molecule has 9 nitrogen and oxygen atoms in total. The number of furan rings is 1. The summed E-state index contributed by atoms with van der Waals surface area (Å²) >= 11 is 0. The Morgan fingerprint density at radius 1 is 1.19 bits per heavy atom. The summed E-state index contributed by atoms with van der Waals surface area (Å²) in [7, 11) is -3.95. The normalized spacial score (nSPS) is 18.5. The lowest BCUT2D eigenvalue weighted by Crippen LogP contribution is -2.22. The zero-order valence-electron chi connectivity index (χ0n) is 17.3. The molecule has 0 bridgehead atoms. The van der Waals surface area contributed by atoms with Crippen LogP contribution >= 0.6 is 0 Å². The number of hydrogen-bond donors (Lipinski definition) is 2. The molecule has 0 spiro atoms. The van der Waals surface area contributed by atoms with E-state index < -0.39 is 10.3 Å². The molecule has 10 heteroatoms. The predicted molar refractivity (Wildman–Crippen MR) is 117 cm³/mol. The molecule has 2 heterocycles. The predicted octanol–water partition coefficient (Wildman–Crippen LogP) is 2.69. The van der Waals surface area contributed by atoms with Crippen LogP contribution in [0.1, 0.15) is 46.7 Å². The molecule has 1 aliphatic rings. The van der Waals surface area contributed by atoms with Gasteiger partial charge >= 0.3 is 10.3 Å². The number of hydrogen-bond acceptors (Lipinski definition) is 8. The summed E-state index contributed by atoms with van der Waals surface area (Å²) in [5.41, 5.74) is 1.41. The van der Waals surface area contributed by atoms with Crippen LogP contribution in [0, 0.1) is 5.92 Å². The maximum absolute atomic E-state index is 13.1. The Hall–Kier alpha value is -3.08. The van der Waals surface area contributed by atoms with Crippen molar-refractivity contribution < 1.29 is 21.8 Å². The second-order valence-corrected chi connectivity index (χ2v) is 9.06. The molecule has 4 rings (SSSR count). The molecule has 2 aromatic heterocycles. The summed E-state index contributed by atoms with van der Waals surface area (Å²) in [5, 5.41) is 8.18. The van der Waals surface area contributed by atoms with E-state index in [0.29, 0.717) is 30.0 Å². The average Bonchev–Trinajstić information content (AvgIpc) is 3.42. The van der Waals surface area contributed by atoms with Crippen molar-refractivity contribution in [3.05, 3.63) is 77.6 Å². The summed E-state index contributed by atoms with van der Waals surface area (Å²) in [6, 6.07) is 13.3. The van der Waals surface area contributed by atoms with Crippen molar-refractivity contribution in [2.45, 2.75) is 31.7 Å². The van der Waals surface area contributed by atoms with Crippen LogP contribution < -0.4 is 10.5 Å². The maximum Gasteiger partial charge on any atom is 0.333 e. The van der Waals surface area contributed by atoms with E-state index in [9.17, 15) is 13.2 Å². The highest BCUT2D eigenvalue weighted by Gasteiger charge is 2.28. The number of carbonyl (C=O) groups excluding carboxylic acids is 1. The highest BCUT2D eigenvalue weighted by Crippen LogP contribution is 2.29. The number of nitrogens with zero attached hydrogens (tertiary/aromatic N) is 2. The third kappa shape index (κ3) is 5.78. The van der Waals surface area contributed by atoms with Crippen molar-refractivity contribution in [1.29, 1.82) is 0 Å². The van der Waals surface area contributed by atoms with Gasteiger partial charge in [0, 0.05) is 18.7 Å². The van der Waals surface area contributed by atoms with Gasteiger partial charge in [0.2, 0.25) is 5.78 Å². The van der Waals surface area contributed by atoms with E-state index in [1.807, 2.05) is 30.3 Å². The quantitative estimate of drug-likeness (QED) is 0.469. The highest BCUT2D eigenvalue weighted by molar-refractivity contribution is 7.84. The van der Waals surface area contributed by atoms with Gasteiger partial charge in [-0.1, -0.05) is 30.3 Å². The van der Waals surface area contributed by atoms with Gasteiger partial charge in [0.15, 0.2) is 5.76 Å². The van der Waals surface area contributed by atoms with Crippen molar-refractivity contribution in [2.24, 2.45) is 11.1 Å². The second-order valence-electron chi connectivity index (χ2n) is 7.84. The molecule has 3 aromatic rings. The number of rotatable bonds is 9. The number of carbonyl (C=O) groups is 1. The molecule has 1 saturated carbocycles. The van der Waals surface area contributed by atoms with Crippen LogP contribution in [-0.4, -0.2) is 36.8 Å². The molecule has 0 saturated heterocycles. The summed E-state index contributed by atoms with van der Waals surface area (Å²) < 4.78 is 32.5. The van der Waals surface area contributed by atoms with Crippen LogP contribution in [0.4, 0.5) is 5.82 Å². The van der Waals surface area contributed by atoms with Crippen LogP contribution in [0.5, 0.6) is 0 Å². The molecule has 32 heavy (non-hydrogen) atoms. The van der Waals surface area contributed by atoms with Gasteiger partial charge in [0.05, 0.1) is 12.2 Å². The first-order valence-electron chi connectivity index (χ1n) is 10.3. The Kier molecular flexibility index (Phi) is 6.63. The Morgan fingerprint density at radius 2 is 2.00 bits per heavy atom. The Balaban J connectivity index is 1.42.